The van der Waals surface area contributed by atoms with E-state index in [4.69, 9.17) is 4.74 Å². The first-order chi connectivity index (χ1) is 10.8. The maximum absolute atomic E-state index is 12.7. The molecule has 1 fully saturated rings. The maximum atomic E-state index is 12.7. The zero-order valence-corrected chi connectivity index (χ0v) is 13.9. The minimum atomic E-state index is -0.575. The summed E-state index contributed by atoms with van der Waals surface area (Å²) in [5.74, 6) is 0.328. The SMILES string of the molecule is CC(C)(C)OC(=O)N1C(C2CC2)=CC(=O)C1Cc1ccccc1. The van der Waals surface area contributed by atoms with Gasteiger partial charge in [0.05, 0.1) is 0 Å². The Labute approximate surface area is 137 Å². The molecule has 2 aliphatic rings. The fourth-order valence-electron chi connectivity index (χ4n) is 2.89. The van der Waals surface area contributed by atoms with E-state index in [1.807, 2.05) is 51.1 Å². The predicted octanol–water partition coefficient (Wildman–Crippen LogP) is 3.71. The van der Waals surface area contributed by atoms with Crippen molar-refractivity contribution in [2.24, 2.45) is 5.92 Å². The number of nitrogens with zero attached hydrogens (tertiary/aromatic N) is 1. The van der Waals surface area contributed by atoms with Gasteiger partial charge < -0.3 is 4.74 Å². The second-order valence-electron chi connectivity index (χ2n) is 7.30. The van der Waals surface area contributed by atoms with E-state index in [1.54, 1.807) is 11.0 Å². The Bertz CT molecular complexity index is 638. The number of benzene rings is 1. The molecule has 0 spiro atoms. The summed E-state index contributed by atoms with van der Waals surface area (Å²) in [6.07, 6.45) is 3.83. The summed E-state index contributed by atoms with van der Waals surface area (Å²) < 4.78 is 5.54. The topological polar surface area (TPSA) is 46.6 Å². The summed E-state index contributed by atoms with van der Waals surface area (Å²) in [5.41, 5.74) is 1.31. The third kappa shape index (κ3) is 3.63. The Morgan fingerprint density at radius 3 is 2.43 bits per heavy atom. The fourth-order valence-corrected chi connectivity index (χ4v) is 2.89. The Balaban J connectivity index is 1.84. The van der Waals surface area contributed by atoms with Gasteiger partial charge in [0, 0.05) is 18.2 Å². The highest BCUT2D eigenvalue weighted by atomic mass is 16.6. The van der Waals surface area contributed by atoms with Crippen LogP contribution in [0.15, 0.2) is 42.1 Å². The standard InChI is InChI=1S/C19H23NO3/c1-19(2,3)23-18(22)20-15(14-9-10-14)12-17(21)16(20)11-13-7-5-4-6-8-13/h4-8,12,14,16H,9-11H2,1-3H3. The summed E-state index contributed by atoms with van der Waals surface area (Å²) in [5, 5.41) is 0. The molecule has 23 heavy (non-hydrogen) atoms. The van der Waals surface area contributed by atoms with E-state index in [1.165, 1.54) is 0 Å². The van der Waals surface area contributed by atoms with E-state index in [-0.39, 0.29) is 5.78 Å². The largest absolute Gasteiger partial charge is 0.443 e. The number of allylic oxidation sites excluding steroid dienone is 1. The fraction of sp³-hybridized carbons (Fsp3) is 0.474. The van der Waals surface area contributed by atoms with Crippen molar-refractivity contribution in [3.05, 3.63) is 47.7 Å². The van der Waals surface area contributed by atoms with Crippen molar-refractivity contribution in [3.8, 4) is 0 Å². The van der Waals surface area contributed by atoms with Crippen molar-refractivity contribution in [2.75, 3.05) is 0 Å². The van der Waals surface area contributed by atoms with Crippen LogP contribution in [0.5, 0.6) is 0 Å². The maximum Gasteiger partial charge on any atom is 0.415 e. The molecule has 1 unspecified atom stereocenters. The molecule has 1 atom stereocenters. The van der Waals surface area contributed by atoms with E-state index in [2.05, 4.69) is 0 Å². The van der Waals surface area contributed by atoms with Crippen LogP contribution in [0.1, 0.15) is 39.2 Å². The van der Waals surface area contributed by atoms with Gasteiger partial charge in [0.2, 0.25) is 0 Å². The van der Waals surface area contributed by atoms with Gasteiger partial charge >= 0.3 is 6.09 Å². The van der Waals surface area contributed by atoms with Crippen LogP contribution in [0.3, 0.4) is 0 Å². The van der Waals surface area contributed by atoms with Gasteiger partial charge in [-0.3, -0.25) is 9.69 Å². The molecular formula is C19H23NO3. The predicted molar refractivity (Wildman–Crippen MR) is 87.8 cm³/mol. The monoisotopic (exact) mass is 313 g/mol. The number of carbonyl (C=O) groups is 2. The lowest BCUT2D eigenvalue weighted by molar-refractivity contribution is -0.117. The molecule has 3 rings (SSSR count). The highest BCUT2D eigenvalue weighted by Crippen LogP contribution is 2.42. The third-order valence-electron chi connectivity index (χ3n) is 4.07. The molecule has 0 bridgehead atoms. The van der Waals surface area contributed by atoms with E-state index in [0.717, 1.165) is 24.1 Å². The molecule has 122 valence electrons. The minimum Gasteiger partial charge on any atom is -0.443 e. The number of hydrogen-bond acceptors (Lipinski definition) is 3. The molecule has 1 aromatic rings. The number of rotatable bonds is 3. The number of hydrogen-bond donors (Lipinski definition) is 0. The second-order valence-corrected chi connectivity index (χ2v) is 7.30. The molecule has 0 radical (unpaired) electrons. The number of amides is 1. The van der Waals surface area contributed by atoms with E-state index in [9.17, 15) is 9.59 Å². The van der Waals surface area contributed by atoms with Gasteiger partial charge in [0.25, 0.3) is 0 Å². The number of ketones is 1. The molecular weight excluding hydrogens is 290 g/mol. The minimum absolute atomic E-state index is 0.00149. The molecule has 1 amide bonds. The van der Waals surface area contributed by atoms with Crippen LogP contribution in [0.4, 0.5) is 4.79 Å². The Morgan fingerprint density at radius 2 is 1.87 bits per heavy atom. The Morgan fingerprint density at radius 1 is 1.22 bits per heavy atom. The van der Waals surface area contributed by atoms with Crippen molar-refractivity contribution in [2.45, 2.75) is 51.7 Å². The molecule has 1 aliphatic heterocycles. The highest BCUT2D eigenvalue weighted by Gasteiger charge is 2.44. The Hall–Kier alpha value is -2.10. The molecule has 1 saturated carbocycles. The molecule has 4 heteroatoms. The van der Waals surface area contributed by atoms with Crippen molar-refractivity contribution >= 4 is 11.9 Å². The van der Waals surface area contributed by atoms with Crippen LogP contribution in [0.2, 0.25) is 0 Å². The van der Waals surface area contributed by atoms with E-state index >= 15 is 0 Å². The summed E-state index contributed by atoms with van der Waals surface area (Å²) in [4.78, 5) is 26.7. The van der Waals surface area contributed by atoms with Crippen molar-refractivity contribution < 1.29 is 14.3 Å². The first kappa shape index (κ1) is 15.8. The van der Waals surface area contributed by atoms with Gasteiger partial charge in [-0.2, -0.15) is 0 Å². The number of ether oxygens (including phenoxy) is 1. The first-order valence-electron chi connectivity index (χ1n) is 8.17. The smallest absolute Gasteiger partial charge is 0.415 e. The van der Waals surface area contributed by atoms with Crippen LogP contribution in [-0.4, -0.2) is 28.4 Å². The highest BCUT2D eigenvalue weighted by molar-refractivity contribution is 6.01. The van der Waals surface area contributed by atoms with Crippen LogP contribution < -0.4 is 0 Å². The lowest BCUT2D eigenvalue weighted by atomic mass is 10.0. The van der Waals surface area contributed by atoms with E-state index in [0.29, 0.717) is 12.3 Å². The molecule has 1 aromatic carbocycles. The zero-order valence-electron chi connectivity index (χ0n) is 13.9. The average molecular weight is 313 g/mol. The second kappa shape index (κ2) is 5.84. The van der Waals surface area contributed by atoms with Crippen LogP contribution in [0.25, 0.3) is 0 Å². The van der Waals surface area contributed by atoms with Gasteiger partial charge in [-0.1, -0.05) is 30.3 Å². The van der Waals surface area contributed by atoms with Gasteiger partial charge in [-0.05, 0) is 45.1 Å². The molecule has 1 aliphatic carbocycles. The van der Waals surface area contributed by atoms with Crippen molar-refractivity contribution in [3.63, 3.8) is 0 Å². The van der Waals surface area contributed by atoms with Crippen molar-refractivity contribution in [1.29, 1.82) is 0 Å². The molecule has 0 aromatic heterocycles. The van der Waals surface area contributed by atoms with Crippen LogP contribution in [-0.2, 0) is 16.0 Å². The van der Waals surface area contributed by atoms with Crippen LogP contribution in [0, 0.1) is 5.92 Å². The average Bonchev–Trinajstić information content (AvgIpc) is 3.24. The van der Waals surface area contributed by atoms with Gasteiger partial charge in [-0.25, -0.2) is 4.79 Å². The van der Waals surface area contributed by atoms with Gasteiger partial charge in [0.1, 0.15) is 11.6 Å². The molecule has 0 N–H and O–H groups in total. The molecule has 1 heterocycles. The quantitative estimate of drug-likeness (QED) is 0.854. The first-order valence-corrected chi connectivity index (χ1v) is 8.17. The summed E-state index contributed by atoms with van der Waals surface area (Å²) in [6, 6.07) is 9.32. The normalized spacial score (nSPS) is 21.3. The molecule has 0 saturated heterocycles. The zero-order chi connectivity index (χ0) is 16.6. The summed E-state index contributed by atoms with van der Waals surface area (Å²) in [6.45, 7) is 5.53. The lowest BCUT2D eigenvalue weighted by Gasteiger charge is -2.30. The lowest BCUT2D eigenvalue weighted by Crippen LogP contribution is -2.43. The molecule has 4 nitrogen and oxygen atoms in total. The third-order valence-corrected chi connectivity index (χ3v) is 4.07. The van der Waals surface area contributed by atoms with Crippen LogP contribution >= 0.6 is 0 Å². The summed E-state index contributed by atoms with van der Waals surface area (Å²) >= 11 is 0. The van der Waals surface area contributed by atoms with E-state index < -0.39 is 17.7 Å². The summed E-state index contributed by atoms with van der Waals surface area (Å²) in [7, 11) is 0. The number of carbonyl (C=O) groups excluding carboxylic acids is 2. The Kier molecular flexibility index (Phi) is 4.00. The van der Waals surface area contributed by atoms with Crippen molar-refractivity contribution in [1.82, 2.24) is 4.90 Å². The van der Waals surface area contributed by atoms with Gasteiger partial charge in [-0.15, -0.1) is 0 Å². The van der Waals surface area contributed by atoms with Gasteiger partial charge in [0.15, 0.2) is 5.78 Å².